The van der Waals surface area contributed by atoms with Crippen molar-refractivity contribution in [1.29, 1.82) is 0 Å². The van der Waals surface area contributed by atoms with Crippen LogP contribution < -0.4 is 10.1 Å². The van der Waals surface area contributed by atoms with Crippen molar-refractivity contribution in [2.75, 3.05) is 5.32 Å². The van der Waals surface area contributed by atoms with Crippen molar-refractivity contribution < 1.29 is 17.9 Å². The molecule has 2 aromatic carbocycles. The lowest BCUT2D eigenvalue weighted by molar-refractivity contribution is -0.274. The molecule has 0 fully saturated rings. The van der Waals surface area contributed by atoms with Crippen LogP contribution in [0.3, 0.4) is 0 Å². The van der Waals surface area contributed by atoms with Crippen LogP contribution in [0.5, 0.6) is 5.75 Å². The number of H-pyrrole nitrogens is 1. The van der Waals surface area contributed by atoms with Crippen molar-refractivity contribution in [2.45, 2.75) is 13.3 Å². The van der Waals surface area contributed by atoms with Gasteiger partial charge in [0.2, 0.25) is 0 Å². The van der Waals surface area contributed by atoms with Gasteiger partial charge in [0, 0.05) is 17.8 Å². The van der Waals surface area contributed by atoms with Crippen molar-refractivity contribution in [3.63, 3.8) is 0 Å². The van der Waals surface area contributed by atoms with Crippen LogP contribution in [0.15, 0.2) is 66.7 Å². The molecule has 9 heteroatoms. The summed E-state index contributed by atoms with van der Waals surface area (Å²) in [7, 11) is 0. The average molecular weight is 411 g/mol. The topological polar surface area (TPSA) is 75.7 Å². The van der Waals surface area contributed by atoms with Gasteiger partial charge in [-0.3, -0.25) is 5.10 Å². The second kappa shape index (κ2) is 7.86. The molecule has 0 saturated heterocycles. The summed E-state index contributed by atoms with van der Waals surface area (Å²) in [5.41, 5.74) is 2.49. The maximum Gasteiger partial charge on any atom is 0.573 e. The Hall–Kier alpha value is -3.88. The zero-order valence-electron chi connectivity index (χ0n) is 15.7. The van der Waals surface area contributed by atoms with Crippen LogP contribution >= 0.6 is 0 Å². The Kier molecular flexibility index (Phi) is 5.09. The van der Waals surface area contributed by atoms with Gasteiger partial charge in [-0.05, 0) is 24.6 Å². The molecule has 0 bridgehead atoms. The highest BCUT2D eigenvalue weighted by Gasteiger charge is 2.32. The van der Waals surface area contributed by atoms with Gasteiger partial charge in [-0.1, -0.05) is 42.5 Å². The fourth-order valence-electron chi connectivity index (χ4n) is 2.90. The van der Waals surface area contributed by atoms with E-state index in [1.165, 1.54) is 18.2 Å². The Morgan fingerprint density at radius 2 is 1.63 bits per heavy atom. The lowest BCUT2D eigenvalue weighted by Crippen LogP contribution is -2.17. The summed E-state index contributed by atoms with van der Waals surface area (Å²) in [4.78, 5) is 8.61. The summed E-state index contributed by atoms with van der Waals surface area (Å²) in [5, 5.41) is 10.2. The van der Waals surface area contributed by atoms with Gasteiger partial charge in [0.25, 0.3) is 0 Å². The van der Waals surface area contributed by atoms with E-state index in [0.717, 1.165) is 11.3 Å². The second-order valence-corrected chi connectivity index (χ2v) is 6.42. The smallest absolute Gasteiger partial charge is 0.405 e. The number of para-hydroxylation sites is 1. The lowest BCUT2D eigenvalue weighted by Gasteiger charge is -2.13. The van der Waals surface area contributed by atoms with Gasteiger partial charge in [0.05, 0.1) is 11.3 Å². The van der Waals surface area contributed by atoms with Gasteiger partial charge >= 0.3 is 6.36 Å². The number of ether oxygens (including phenoxy) is 1. The van der Waals surface area contributed by atoms with E-state index in [9.17, 15) is 13.2 Å². The molecule has 0 aliphatic rings. The van der Waals surface area contributed by atoms with Crippen molar-refractivity contribution >= 4 is 11.6 Å². The zero-order valence-corrected chi connectivity index (χ0v) is 15.7. The van der Waals surface area contributed by atoms with Gasteiger partial charge in [-0.25, -0.2) is 9.97 Å². The minimum Gasteiger partial charge on any atom is -0.405 e. The quantitative estimate of drug-likeness (QED) is 0.455. The number of hydrogen-bond donors (Lipinski definition) is 2. The van der Waals surface area contributed by atoms with Crippen LogP contribution in [0.4, 0.5) is 24.8 Å². The molecule has 30 heavy (non-hydrogen) atoms. The van der Waals surface area contributed by atoms with E-state index in [-0.39, 0.29) is 17.1 Å². The zero-order chi connectivity index (χ0) is 21.1. The summed E-state index contributed by atoms with van der Waals surface area (Å²) >= 11 is 0. The highest BCUT2D eigenvalue weighted by Crippen LogP contribution is 2.33. The molecule has 2 aromatic heterocycles. The third-order valence-corrected chi connectivity index (χ3v) is 4.13. The van der Waals surface area contributed by atoms with Gasteiger partial charge in [-0.15, -0.1) is 13.2 Å². The number of nitrogens with zero attached hydrogens (tertiary/aromatic N) is 3. The minimum atomic E-state index is -4.82. The first-order valence-corrected chi connectivity index (χ1v) is 8.96. The van der Waals surface area contributed by atoms with E-state index in [4.69, 9.17) is 0 Å². The van der Waals surface area contributed by atoms with E-state index in [2.05, 4.69) is 30.2 Å². The molecule has 4 aromatic rings. The number of rotatable bonds is 5. The Morgan fingerprint density at radius 1 is 0.900 bits per heavy atom. The van der Waals surface area contributed by atoms with Crippen molar-refractivity contribution in [2.24, 2.45) is 0 Å². The first-order valence-electron chi connectivity index (χ1n) is 8.96. The van der Waals surface area contributed by atoms with Crippen LogP contribution in [-0.4, -0.2) is 26.5 Å². The molecule has 0 aliphatic heterocycles. The maximum absolute atomic E-state index is 12.7. The summed E-state index contributed by atoms with van der Waals surface area (Å²) in [5.74, 6) is 0.645. The van der Waals surface area contributed by atoms with Gasteiger partial charge in [0.15, 0.2) is 11.6 Å². The molecule has 2 heterocycles. The van der Waals surface area contributed by atoms with Gasteiger partial charge in [0.1, 0.15) is 11.6 Å². The van der Waals surface area contributed by atoms with Crippen molar-refractivity contribution in [3.8, 4) is 28.4 Å². The Labute approximate surface area is 169 Å². The SMILES string of the molecule is Cc1cc(Nc2cc(-c3ccccc3)[nH]n2)nc(-c2ccccc2OC(F)(F)F)n1. The Balaban J connectivity index is 1.63. The maximum atomic E-state index is 12.7. The number of hydrogen-bond acceptors (Lipinski definition) is 5. The normalized spacial score (nSPS) is 11.3. The summed E-state index contributed by atoms with van der Waals surface area (Å²) in [6, 6.07) is 18.9. The van der Waals surface area contributed by atoms with E-state index < -0.39 is 6.36 Å². The number of aromatic amines is 1. The number of aromatic nitrogens is 4. The molecular formula is C21H16F3N5O. The molecule has 0 radical (unpaired) electrons. The van der Waals surface area contributed by atoms with Crippen LogP contribution in [0, 0.1) is 6.92 Å². The van der Waals surface area contributed by atoms with E-state index >= 15 is 0 Å². The molecule has 6 nitrogen and oxygen atoms in total. The van der Waals surface area contributed by atoms with Gasteiger partial charge < -0.3 is 10.1 Å². The average Bonchev–Trinajstić information content (AvgIpc) is 3.16. The fourth-order valence-corrected chi connectivity index (χ4v) is 2.90. The number of nitrogens with one attached hydrogen (secondary N) is 2. The minimum absolute atomic E-state index is 0.108. The second-order valence-electron chi connectivity index (χ2n) is 6.42. The molecular weight excluding hydrogens is 395 g/mol. The van der Waals surface area contributed by atoms with E-state index in [1.54, 1.807) is 19.1 Å². The first kappa shape index (κ1) is 19.4. The first-order chi connectivity index (χ1) is 14.4. The van der Waals surface area contributed by atoms with Crippen molar-refractivity contribution in [1.82, 2.24) is 20.2 Å². The summed E-state index contributed by atoms with van der Waals surface area (Å²) < 4.78 is 42.3. The standard InChI is InChI=1S/C21H16F3N5O/c1-13-11-18(26-19-12-16(28-29-19)14-7-3-2-4-8-14)27-20(25-13)15-9-5-6-10-17(15)30-21(22,23)24/h2-12H,1H3,(H2,25,26,27,28,29). The molecule has 0 unspecified atom stereocenters. The monoisotopic (exact) mass is 411 g/mol. The number of alkyl halides is 3. The molecule has 4 rings (SSSR count). The van der Waals surface area contributed by atoms with Crippen LogP contribution in [0.25, 0.3) is 22.6 Å². The van der Waals surface area contributed by atoms with E-state index in [1.807, 2.05) is 36.4 Å². The largest absolute Gasteiger partial charge is 0.573 e. The molecule has 2 N–H and O–H groups in total. The predicted octanol–water partition coefficient (Wildman–Crippen LogP) is 5.48. The summed E-state index contributed by atoms with van der Waals surface area (Å²) in [6.07, 6.45) is -4.82. The number of aryl methyl sites for hydroxylation is 1. The predicted molar refractivity (Wildman–Crippen MR) is 106 cm³/mol. The lowest BCUT2D eigenvalue weighted by atomic mass is 10.1. The summed E-state index contributed by atoms with van der Waals surface area (Å²) in [6.45, 7) is 1.73. The molecule has 0 aliphatic carbocycles. The van der Waals surface area contributed by atoms with Crippen LogP contribution in [-0.2, 0) is 0 Å². The van der Waals surface area contributed by atoms with E-state index in [0.29, 0.717) is 17.3 Å². The van der Waals surface area contributed by atoms with Gasteiger partial charge in [-0.2, -0.15) is 5.10 Å². The molecule has 152 valence electrons. The molecule has 0 spiro atoms. The van der Waals surface area contributed by atoms with Crippen LogP contribution in [0.1, 0.15) is 5.69 Å². The highest BCUT2D eigenvalue weighted by atomic mass is 19.4. The Bertz CT molecular complexity index is 1160. The third-order valence-electron chi connectivity index (χ3n) is 4.13. The fraction of sp³-hybridized carbons (Fsp3) is 0.0952. The molecule has 0 saturated carbocycles. The van der Waals surface area contributed by atoms with Crippen LogP contribution in [0.2, 0.25) is 0 Å². The Morgan fingerprint density at radius 3 is 2.40 bits per heavy atom. The number of benzene rings is 2. The molecule has 0 amide bonds. The number of halogens is 3. The van der Waals surface area contributed by atoms with Crippen molar-refractivity contribution in [3.05, 3.63) is 72.4 Å². The number of anilines is 2. The highest BCUT2D eigenvalue weighted by molar-refractivity contribution is 5.68. The third kappa shape index (κ3) is 4.57. The molecule has 0 atom stereocenters.